The zero-order valence-corrected chi connectivity index (χ0v) is 13.3. The third-order valence-corrected chi connectivity index (χ3v) is 5.11. The number of aryl methyl sites for hydroxylation is 2. The minimum absolute atomic E-state index is 0.214. The highest BCUT2D eigenvalue weighted by atomic mass is 32.1. The fourth-order valence-corrected chi connectivity index (χ4v) is 3.48. The Morgan fingerprint density at radius 1 is 1.29 bits per heavy atom. The Hall–Kier alpha value is -1.78. The van der Waals surface area contributed by atoms with Gasteiger partial charge in [-0.2, -0.15) is 0 Å². The molecule has 0 saturated heterocycles. The Morgan fingerprint density at radius 3 is 2.76 bits per heavy atom. The maximum atomic E-state index is 6.40. The molecule has 2 aromatic heterocycles. The van der Waals surface area contributed by atoms with E-state index in [0.717, 1.165) is 39.3 Å². The van der Waals surface area contributed by atoms with Crippen LogP contribution in [0.4, 0.5) is 0 Å². The molecule has 1 aromatic carbocycles. The Labute approximate surface area is 128 Å². The molecule has 0 aliphatic carbocycles. The number of hydrogen-bond donors (Lipinski definition) is 1. The molecule has 2 heterocycles. The van der Waals surface area contributed by atoms with Crippen molar-refractivity contribution in [2.45, 2.75) is 26.3 Å². The van der Waals surface area contributed by atoms with Crippen LogP contribution in [-0.2, 0) is 6.42 Å². The highest BCUT2D eigenvalue weighted by molar-refractivity contribution is 7.12. The van der Waals surface area contributed by atoms with Crippen LogP contribution in [-0.4, -0.2) is 7.11 Å². The first-order valence-corrected chi connectivity index (χ1v) is 7.87. The van der Waals surface area contributed by atoms with E-state index in [4.69, 9.17) is 14.9 Å². The third-order valence-electron chi connectivity index (χ3n) is 3.80. The van der Waals surface area contributed by atoms with Gasteiger partial charge in [-0.3, -0.25) is 0 Å². The normalized spacial score (nSPS) is 12.8. The van der Waals surface area contributed by atoms with E-state index >= 15 is 0 Å². The number of methoxy groups -OCH3 is 1. The van der Waals surface area contributed by atoms with Crippen LogP contribution in [0.5, 0.6) is 5.75 Å². The first kappa shape index (κ1) is 14.2. The summed E-state index contributed by atoms with van der Waals surface area (Å²) in [6.07, 6.45) is 1.04. The molecule has 2 N–H and O–H groups in total. The van der Waals surface area contributed by atoms with Crippen molar-refractivity contribution in [3.05, 3.63) is 51.4 Å². The summed E-state index contributed by atoms with van der Waals surface area (Å²) < 4.78 is 11.2. The van der Waals surface area contributed by atoms with Crippen molar-refractivity contribution in [2.24, 2.45) is 5.73 Å². The van der Waals surface area contributed by atoms with Crippen molar-refractivity contribution >= 4 is 22.3 Å². The summed E-state index contributed by atoms with van der Waals surface area (Å²) >= 11 is 1.75. The van der Waals surface area contributed by atoms with E-state index < -0.39 is 0 Å². The highest BCUT2D eigenvalue weighted by Crippen LogP contribution is 2.35. The number of ether oxygens (including phenoxy) is 1. The van der Waals surface area contributed by atoms with Gasteiger partial charge in [-0.1, -0.05) is 6.92 Å². The molecule has 0 saturated carbocycles. The summed E-state index contributed by atoms with van der Waals surface area (Å²) in [4.78, 5) is 2.48. The molecule has 3 rings (SSSR count). The molecule has 4 heteroatoms. The second kappa shape index (κ2) is 5.54. The average molecular weight is 301 g/mol. The van der Waals surface area contributed by atoms with Gasteiger partial charge >= 0.3 is 0 Å². The van der Waals surface area contributed by atoms with E-state index in [2.05, 4.69) is 26.0 Å². The van der Waals surface area contributed by atoms with Gasteiger partial charge < -0.3 is 14.9 Å². The minimum atomic E-state index is -0.214. The van der Waals surface area contributed by atoms with Gasteiger partial charge in [0.15, 0.2) is 0 Å². The summed E-state index contributed by atoms with van der Waals surface area (Å²) in [6.45, 7) is 4.21. The quantitative estimate of drug-likeness (QED) is 0.776. The number of nitrogens with two attached hydrogens (primary N) is 1. The van der Waals surface area contributed by atoms with Crippen molar-refractivity contribution in [1.82, 2.24) is 0 Å². The standard InChI is InChI=1S/C17H19NO2S/c1-4-12-6-8-15(21-12)16(18)17-10(2)13-7-5-11(19-3)9-14(13)20-17/h5-9,16H,4,18H2,1-3H3. The van der Waals surface area contributed by atoms with Crippen molar-refractivity contribution in [1.29, 1.82) is 0 Å². The summed E-state index contributed by atoms with van der Waals surface area (Å²) in [5, 5.41) is 1.09. The summed E-state index contributed by atoms with van der Waals surface area (Å²) in [7, 11) is 1.65. The lowest BCUT2D eigenvalue weighted by molar-refractivity contribution is 0.414. The Kier molecular flexibility index (Phi) is 3.74. The van der Waals surface area contributed by atoms with Crippen LogP contribution < -0.4 is 10.5 Å². The molecule has 3 aromatic rings. The maximum absolute atomic E-state index is 6.40. The Balaban J connectivity index is 2.04. The number of thiophene rings is 1. The van der Waals surface area contributed by atoms with Crippen molar-refractivity contribution in [3.8, 4) is 5.75 Å². The molecule has 21 heavy (non-hydrogen) atoms. The fraction of sp³-hybridized carbons (Fsp3) is 0.294. The number of furan rings is 1. The Bertz CT molecular complexity index is 772. The van der Waals surface area contributed by atoms with Crippen LogP contribution in [0.15, 0.2) is 34.7 Å². The lowest BCUT2D eigenvalue weighted by atomic mass is 10.1. The second-order valence-electron chi connectivity index (χ2n) is 5.09. The van der Waals surface area contributed by atoms with E-state index in [1.165, 1.54) is 4.88 Å². The van der Waals surface area contributed by atoms with Crippen molar-refractivity contribution in [2.75, 3.05) is 7.11 Å². The van der Waals surface area contributed by atoms with E-state index in [9.17, 15) is 0 Å². The molecule has 1 atom stereocenters. The van der Waals surface area contributed by atoms with Gasteiger partial charge in [0.2, 0.25) is 0 Å². The molecule has 0 fully saturated rings. The molecular formula is C17H19NO2S. The van der Waals surface area contributed by atoms with Gasteiger partial charge in [0, 0.05) is 26.8 Å². The Morgan fingerprint density at radius 2 is 2.10 bits per heavy atom. The molecule has 1 unspecified atom stereocenters. The molecule has 0 spiro atoms. The van der Waals surface area contributed by atoms with Crippen molar-refractivity contribution in [3.63, 3.8) is 0 Å². The predicted molar refractivity (Wildman–Crippen MR) is 87.2 cm³/mol. The fourth-order valence-electron chi connectivity index (χ4n) is 2.53. The maximum Gasteiger partial charge on any atom is 0.138 e. The third kappa shape index (κ3) is 2.45. The predicted octanol–water partition coefficient (Wildman–Crippen LogP) is 4.42. The zero-order valence-electron chi connectivity index (χ0n) is 12.5. The molecule has 3 nitrogen and oxygen atoms in total. The molecule has 110 valence electrons. The van der Waals surface area contributed by atoms with Gasteiger partial charge in [-0.05, 0) is 37.6 Å². The van der Waals surface area contributed by atoms with Gasteiger partial charge in [0.1, 0.15) is 17.1 Å². The molecule has 0 aliphatic rings. The average Bonchev–Trinajstić information content (AvgIpc) is 3.11. The lowest BCUT2D eigenvalue weighted by Gasteiger charge is -2.07. The van der Waals surface area contributed by atoms with Crippen LogP contribution >= 0.6 is 11.3 Å². The van der Waals surface area contributed by atoms with E-state index in [0.29, 0.717) is 0 Å². The first-order valence-electron chi connectivity index (χ1n) is 7.05. The van der Waals surface area contributed by atoms with Crippen LogP contribution in [0, 0.1) is 6.92 Å². The SMILES string of the molecule is CCc1ccc(C(N)c2oc3cc(OC)ccc3c2C)s1. The molecule has 0 bridgehead atoms. The largest absolute Gasteiger partial charge is 0.497 e. The summed E-state index contributed by atoms with van der Waals surface area (Å²) in [6, 6.07) is 9.90. The van der Waals surface area contributed by atoms with E-state index in [1.807, 2.05) is 18.2 Å². The van der Waals surface area contributed by atoms with Gasteiger partial charge in [0.05, 0.1) is 13.2 Å². The monoisotopic (exact) mass is 301 g/mol. The van der Waals surface area contributed by atoms with Crippen LogP contribution in [0.2, 0.25) is 0 Å². The van der Waals surface area contributed by atoms with Gasteiger partial charge in [-0.25, -0.2) is 0 Å². The van der Waals surface area contributed by atoms with E-state index in [1.54, 1.807) is 18.4 Å². The summed E-state index contributed by atoms with van der Waals surface area (Å²) in [5.74, 6) is 1.63. The smallest absolute Gasteiger partial charge is 0.138 e. The van der Waals surface area contributed by atoms with Gasteiger partial charge in [-0.15, -0.1) is 11.3 Å². The first-order chi connectivity index (χ1) is 10.1. The van der Waals surface area contributed by atoms with Crippen LogP contribution in [0.25, 0.3) is 11.0 Å². The highest BCUT2D eigenvalue weighted by Gasteiger charge is 2.20. The van der Waals surface area contributed by atoms with E-state index in [-0.39, 0.29) is 6.04 Å². The molecule has 0 aliphatic heterocycles. The zero-order chi connectivity index (χ0) is 15.0. The lowest BCUT2D eigenvalue weighted by Crippen LogP contribution is -2.10. The second-order valence-corrected chi connectivity index (χ2v) is 6.29. The topological polar surface area (TPSA) is 48.4 Å². The molecule has 0 radical (unpaired) electrons. The number of benzene rings is 1. The molecular weight excluding hydrogens is 282 g/mol. The number of hydrogen-bond acceptors (Lipinski definition) is 4. The van der Waals surface area contributed by atoms with Crippen LogP contribution in [0.1, 0.15) is 34.0 Å². The number of fused-ring (bicyclic) bond motifs is 1. The summed E-state index contributed by atoms with van der Waals surface area (Å²) in [5.41, 5.74) is 8.33. The van der Waals surface area contributed by atoms with Crippen molar-refractivity contribution < 1.29 is 9.15 Å². The number of rotatable bonds is 4. The van der Waals surface area contributed by atoms with Crippen LogP contribution in [0.3, 0.4) is 0 Å². The van der Waals surface area contributed by atoms with Gasteiger partial charge in [0.25, 0.3) is 0 Å². The minimum Gasteiger partial charge on any atom is -0.497 e. The molecule has 0 amide bonds.